The van der Waals surface area contributed by atoms with Gasteiger partial charge in [0.1, 0.15) is 0 Å². The second-order valence-corrected chi connectivity index (χ2v) is 6.96. The van der Waals surface area contributed by atoms with Gasteiger partial charge in [-0.05, 0) is 42.3 Å². The van der Waals surface area contributed by atoms with E-state index in [4.69, 9.17) is 0 Å². The number of H-pyrrole nitrogens is 2. The summed E-state index contributed by atoms with van der Waals surface area (Å²) in [6, 6.07) is 27.8. The van der Waals surface area contributed by atoms with E-state index < -0.39 is 0 Å². The average molecular weight is 348 g/mol. The first-order valence-corrected chi connectivity index (χ1v) is 9.21. The molecule has 0 bridgehead atoms. The van der Waals surface area contributed by atoms with E-state index in [1.54, 1.807) is 0 Å². The van der Waals surface area contributed by atoms with Crippen molar-refractivity contribution in [3.63, 3.8) is 0 Å². The van der Waals surface area contributed by atoms with Crippen molar-refractivity contribution in [3.05, 3.63) is 96.8 Å². The van der Waals surface area contributed by atoms with Gasteiger partial charge in [-0.2, -0.15) is 0 Å². The Morgan fingerprint density at radius 1 is 0.556 bits per heavy atom. The lowest BCUT2D eigenvalue weighted by atomic mass is 10.2. The van der Waals surface area contributed by atoms with Gasteiger partial charge >= 0.3 is 0 Å². The maximum Gasteiger partial charge on any atom is 0.0533 e. The summed E-state index contributed by atoms with van der Waals surface area (Å²) in [6.45, 7) is 2.12. The number of nitrogens with one attached hydrogen (secondary N) is 2. The maximum absolute atomic E-state index is 3.28. The number of fused-ring (bicyclic) bond motifs is 6. The minimum Gasteiger partial charge on any atom is -0.361 e. The van der Waals surface area contributed by atoms with E-state index in [2.05, 4.69) is 95.8 Å². The quantitative estimate of drug-likeness (QED) is 0.301. The monoisotopic (exact) mass is 348 g/mol. The first kappa shape index (κ1) is 15.7. The van der Waals surface area contributed by atoms with Crippen LogP contribution in [0.3, 0.4) is 0 Å². The van der Waals surface area contributed by atoms with Crippen LogP contribution in [0.2, 0.25) is 0 Å². The maximum atomic E-state index is 3.28. The van der Waals surface area contributed by atoms with Crippen LogP contribution >= 0.6 is 0 Å². The summed E-state index contributed by atoms with van der Waals surface area (Å²) in [5.74, 6) is 0. The third-order valence-electron chi connectivity index (χ3n) is 5.14. The summed E-state index contributed by atoms with van der Waals surface area (Å²) in [6.07, 6.45) is 3.97. The Kier molecular flexibility index (Phi) is 3.68. The molecule has 0 spiro atoms. The lowest BCUT2D eigenvalue weighted by Gasteiger charge is -1.89. The van der Waals surface area contributed by atoms with Crippen molar-refractivity contribution in [1.82, 2.24) is 9.97 Å². The van der Waals surface area contributed by atoms with Crippen LogP contribution in [0.1, 0.15) is 5.56 Å². The van der Waals surface area contributed by atoms with E-state index >= 15 is 0 Å². The zero-order valence-electron chi connectivity index (χ0n) is 15.2. The molecule has 0 saturated carbocycles. The van der Waals surface area contributed by atoms with Crippen LogP contribution in [0.5, 0.6) is 0 Å². The first-order valence-electron chi connectivity index (χ1n) is 9.21. The largest absolute Gasteiger partial charge is 0.361 e. The van der Waals surface area contributed by atoms with Crippen molar-refractivity contribution in [2.45, 2.75) is 6.92 Å². The molecule has 4 aliphatic rings. The van der Waals surface area contributed by atoms with E-state index in [0.717, 1.165) is 0 Å². The molecule has 0 atom stereocenters. The molecule has 0 unspecified atom stereocenters. The highest BCUT2D eigenvalue weighted by molar-refractivity contribution is 6.00. The van der Waals surface area contributed by atoms with Gasteiger partial charge in [-0.1, -0.05) is 60.2 Å². The van der Waals surface area contributed by atoms with Gasteiger partial charge in [0.05, 0.1) is 11.0 Å². The Hall–Kier alpha value is -3.52. The second-order valence-electron chi connectivity index (χ2n) is 6.96. The normalized spacial score (nSPS) is 11.1. The number of aromatic amines is 2. The molecule has 130 valence electrons. The predicted octanol–water partition coefficient (Wildman–Crippen LogP) is 6.85. The standard InChI is InChI=1S/C13H11N.C12H9N/c1-9-2-4-10-8-11-6-7-14-13(11)12(10)5-3-9;1-2-4-9-8-10-6-7-13-12(10)11(9)5-3-1/h2-8,14H,1H3;1-8,13H. The van der Waals surface area contributed by atoms with Crippen molar-refractivity contribution in [3.8, 4) is 22.3 Å². The van der Waals surface area contributed by atoms with E-state index in [9.17, 15) is 0 Å². The Morgan fingerprint density at radius 3 is 1.89 bits per heavy atom. The number of rotatable bonds is 0. The van der Waals surface area contributed by atoms with Gasteiger partial charge in [-0.25, -0.2) is 0 Å². The number of hydrogen-bond acceptors (Lipinski definition) is 0. The molecule has 0 saturated heterocycles. The molecular weight excluding hydrogens is 328 g/mol. The summed E-state index contributed by atoms with van der Waals surface area (Å²) in [4.78, 5) is 6.53. The molecule has 2 aromatic rings. The fraction of sp³-hybridized carbons (Fsp3) is 0.0400. The summed E-state index contributed by atoms with van der Waals surface area (Å²) in [7, 11) is 0. The van der Waals surface area contributed by atoms with Crippen molar-refractivity contribution in [1.29, 1.82) is 0 Å². The van der Waals surface area contributed by atoms with Crippen LogP contribution in [0, 0.1) is 6.92 Å². The molecule has 2 N–H and O–H groups in total. The van der Waals surface area contributed by atoms with Crippen molar-refractivity contribution in [2.24, 2.45) is 0 Å². The molecule has 2 aromatic heterocycles. The molecule has 4 aliphatic carbocycles. The Balaban J connectivity index is 0.000000119. The fourth-order valence-electron chi connectivity index (χ4n) is 3.75. The molecule has 2 nitrogen and oxygen atoms in total. The van der Waals surface area contributed by atoms with E-state index in [-0.39, 0.29) is 0 Å². The van der Waals surface area contributed by atoms with Gasteiger partial charge in [0.25, 0.3) is 0 Å². The van der Waals surface area contributed by atoms with Crippen molar-refractivity contribution >= 4 is 21.8 Å². The van der Waals surface area contributed by atoms with Gasteiger partial charge in [0, 0.05) is 34.3 Å². The molecule has 2 heteroatoms. The number of aryl methyl sites for hydroxylation is 1. The SMILES string of the molecule is Cc1ccc2cc3cc[nH]c3c-2cc1.c1ccc2cc3cc[nH]c3c-2cc1. The number of hydrogen-bond donors (Lipinski definition) is 2. The van der Waals surface area contributed by atoms with Crippen LogP contribution in [-0.2, 0) is 0 Å². The van der Waals surface area contributed by atoms with Crippen LogP contribution in [-0.4, -0.2) is 9.97 Å². The Morgan fingerprint density at radius 2 is 1.15 bits per heavy atom. The smallest absolute Gasteiger partial charge is 0.0533 e. The summed E-state index contributed by atoms with van der Waals surface area (Å²) >= 11 is 0. The predicted molar refractivity (Wildman–Crippen MR) is 115 cm³/mol. The zero-order chi connectivity index (χ0) is 18.2. The lowest BCUT2D eigenvalue weighted by molar-refractivity contribution is 1.48. The fourth-order valence-corrected chi connectivity index (χ4v) is 3.75. The molecule has 2 heterocycles. The highest BCUT2D eigenvalue weighted by Crippen LogP contribution is 2.33. The summed E-state index contributed by atoms with van der Waals surface area (Å²) in [5.41, 5.74) is 8.98. The highest BCUT2D eigenvalue weighted by atomic mass is 14.7. The molecule has 27 heavy (non-hydrogen) atoms. The van der Waals surface area contributed by atoms with Crippen LogP contribution < -0.4 is 0 Å². The molecular formula is C25H20N2. The van der Waals surface area contributed by atoms with Gasteiger partial charge in [-0.15, -0.1) is 0 Å². The second kappa shape index (κ2) is 6.33. The van der Waals surface area contributed by atoms with Gasteiger partial charge in [-0.3, -0.25) is 0 Å². The van der Waals surface area contributed by atoms with E-state index in [0.29, 0.717) is 0 Å². The van der Waals surface area contributed by atoms with Crippen molar-refractivity contribution in [2.75, 3.05) is 0 Å². The molecule has 0 amide bonds. The molecule has 0 aromatic carbocycles. The third kappa shape index (κ3) is 2.76. The van der Waals surface area contributed by atoms with Crippen molar-refractivity contribution < 1.29 is 0 Å². The average Bonchev–Trinajstić information content (AvgIpc) is 3.37. The minimum absolute atomic E-state index is 1.24. The molecule has 0 radical (unpaired) electrons. The van der Waals surface area contributed by atoms with Gasteiger partial charge in [0.2, 0.25) is 0 Å². The van der Waals surface area contributed by atoms with Crippen LogP contribution in [0.15, 0.2) is 91.3 Å². The molecule has 0 fully saturated rings. The van der Waals surface area contributed by atoms with Crippen LogP contribution in [0.25, 0.3) is 44.1 Å². The van der Waals surface area contributed by atoms with E-state index in [1.807, 2.05) is 12.4 Å². The topological polar surface area (TPSA) is 31.6 Å². The number of aromatic nitrogens is 2. The first-order chi connectivity index (χ1) is 13.3. The minimum atomic E-state index is 1.24. The summed E-state index contributed by atoms with van der Waals surface area (Å²) in [5, 5.41) is 2.59. The highest BCUT2D eigenvalue weighted by Gasteiger charge is 2.08. The molecule has 6 rings (SSSR count). The van der Waals surface area contributed by atoms with Gasteiger partial charge in [0.15, 0.2) is 0 Å². The van der Waals surface area contributed by atoms with Crippen LogP contribution in [0.4, 0.5) is 0 Å². The van der Waals surface area contributed by atoms with Gasteiger partial charge < -0.3 is 9.97 Å². The zero-order valence-corrected chi connectivity index (χ0v) is 15.2. The Labute approximate surface area is 158 Å². The summed E-state index contributed by atoms with van der Waals surface area (Å²) < 4.78 is 0. The lowest BCUT2D eigenvalue weighted by Crippen LogP contribution is -1.66. The molecule has 0 aliphatic heterocycles. The third-order valence-corrected chi connectivity index (χ3v) is 5.14. The Bertz CT molecular complexity index is 1290. The van der Waals surface area contributed by atoms with E-state index in [1.165, 1.54) is 49.6 Å².